The van der Waals surface area contributed by atoms with Gasteiger partial charge >= 0.3 is 10.2 Å². The molecule has 0 radical (unpaired) electrons. The normalized spacial score (nSPS) is 20.2. The summed E-state index contributed by atoms with van der Waals surface area (Å²) in [5.41, 5.74) is 7.33. The Bertz CT molecular complexity index is 1050. The van der Waals surface area contributed by atoms with Gasteiger partial charge in [-0.05, 0) is 37.1 Å². The van der Waals surface area contributed by atoms with E-state index in [1.807, 2.05) is 35.2 Å². The van der Waals surface area contributed by atoms with Gasteiger partial charge in [-0.1, -0.05) is 24.3 Å². The van der Waals surface area contributed by atoms with E-state index < -0.39 is 10.2 Å². The molecule has 9 heteroatoms. The quantitative estimate of drug-likeness (QED) is 0.794. The van der Waals surface area contributed by atoms with Crippen LogP contribution in [0.1, 0.15) is 28.8 Å². The molecular formula is C20H22N4O4S. The lowest BCUT2D eigenvalue weighted by Crippen LogP contribution is -2.41. The number of carbonyl (C=O) groups excluding carboxylic acids is 1. The van der Waals surface area contributed by atoms with Crippen LogP contribution >= 0.6 is 0 Å². The molecule has 1 amide bonds. The van der Waals surface area contributed by atoms with Crippen LogP contribution in [0, 0.1) is 5.92 Å². The molecule has 1 saturated heterocycles. The number of hydrogen-bond acceptors (Lipinski definition) is 5. The van der Waals surface area contributed by atoms with Crippen molar-refractivity contribution in [3.05, 3.63) is 59.7 Å². The van der Waals surface area contributed by atoms with E-state index >= 15 is 0 Å². The summed E-state index contributed by atoms with van der Waals surface area (Å²) in [5, 5.41) is 0. The number of rotatable bonds is 4. The van der Waals surface area contributed by atoms with Crippen molar-refractivity contribution in [1.82, 2.24) is 4.90 Å². The van der Waals surface area contributed by atoms with E-state index in [9.17, 15) is 13.2 Å². The van der Waals surface area contributed by atoms with Crippen molar-refractivity contribution >= 4 is 27.6 Å². The van der Waals surface area contributed by atoms with Crippen molar-refractivity contribution < 1.29 is 17.9 Å². The SMILES string of the molecule is NC1=NS(=O)(=O)Nc2cccc(OCC3CCCN(C(=O)c4ccccc4)C3)c21. The molecule has 2 heterocycles. The summed E-state index contributed by atoms with van der Waals surface area (Å²) in [6.45, 7) is 1.74. The Balaban J connectivity index is 1.44. The van der Waals surface area contributed by atoms with Crippen LogP contribution in [0.4, 0.5) is 5.69 Å². The zero-order valence-corrected chi connectivity index (χ0v) is 16.6. The van der Waals surface area contributed by atoms with Crippen molar-refractivity contribution in [2.24, 2.45) is 16.0 Å². The number of ether oxygens (including phenoxy) is 1. The van der Waals surface area contributed by atoms with Crippen LogP contribution in [0.5, 0.6) is 5.75 Å². The molecule has 29 heavy (non-hydrogen) atoms. The van der Waals surface area contributed by atoms with Gasteiger partial charge < -0.3 is 15.4 Å². The topological polar surface area (TPSA) is 114 Å². The van der Waals surface area contributed by atoms with Gasteiger partial charge in [-0.3, -0.25) is 9.52 Å². The highest BCUT2D eigenvalue weighted by Gasteiger charge is 2.27. The van der Waals surface area contributed by atoms with Gasteiger partial charge in [0.2, 0.25) is 0 Å². The number of hydrogen-bond donors (Lipinski definition) is 2. The Labute approximate surface area is 169 Å². The third kappa shape index (κ3) is 4.19. The van der Waals surface area contributed by atoms with Crippen LogP contribution in [0.25, 0.3) is 0 Å². The number of carbonyl (C=O) groups is 1. The zero-order valence-electron chi connectivity index (χ0n) is 15.7. The highest BCUT2D eigenvalue weighted by Crippen LogP contribution is 2.31. The van der Waals surface area contributed by atoms with E-state index in [1.165, 1.54) is 0 Å². The number of amidine groups is 1. The third-order valence-corrected chi connectivity index (χ3v) is 5.96. The lowest BCUT2D eigenvalue weighted by Gasteiger charge is -2.33. The number of fused-ring (bicyclic) bond motifs is 1. The molecule has 2 aliphatic rings. The van der Waals surface area contributed by atoms with E-state index in [-0.39, 0.29) is 17.7 Å². The Kier molecular flexibility index (Phi) is 5.14. The molecule has 2 aromatic carbocycles. The standard InChI is InChI=1S/C20H22N4O4S/c21-19-18-16(22-29(26,27)23-19)9-4-10-17(18)28-13-14-6-5-11-24(12-14)20(25)15-7-2-1-3-8-15/h1-4,7-10,14,22H,5-6,11-13H2,(H2,21,23). The maximum atomic E-state index is 12.7. The second-order valence-corrected chi connectivity index (χ2v) is 8.51. The third-order valence-electron chi connectivity index (χ3n) is 5.04. The fourth-order valence-electron chi connectivity index (χ4n) is 3.69. The minimum Gasteiger partial charge on any atom is -0.492 e. The van der Waals surface area contributed by atoms with Crippen molar-refractivity contribution in [3.8, 4) is 5.75 Å². The highest BCUT2D eigenvalue weighted by atomic mass is 32.2. The summed E-state index contributed by atoms with van der Waals surface area (Å²) in [6, 6.07) is 14.3. The Morgan fingerprint density at radius 3 is 2.79 bits per heavy atom. The monoisotopic (exact) mass is 414 g/mol. The molecule has 0 bridgehead atoms. The lowest BCUT2D eigenvalue weighted by atomic mass is 9.98. The maximum absolute atomic E-state index is 12.7. The fourth-order valence-corrected chi connectivity index (χ4v) is 4.54. The zero-order chi connectivity index (χ0) is 20.4. The Morgan fingerprint density at radius 1 is 1.21 bits per heavy atom. The van der Waals surface area contributed by atoms with Gasteiger partial charge in [0.25, 0.3) is 5.91 Å². The summed E-state index contributed by atoms with van der Waals surface area (Å²) >= 11 is 0. The summed E-state index contributed by atoms with van der Waals surface area (Å²) in [6.07, 6.45) is 1.85. The van der Waals surface area contributed by atoms with Crippen LogP contribution in [0.2, 0.25) is 0 Å². The molecule has 0 spiro atoms. The summed E-state index contributed by atoms with van der Waals surface area (Å²) in [4.78, 5) is 14.6. The van der Waals surface area contributed by atoms with Gasteiger partial charge in [0.1, 0.15) is 5.75 Å². The number of piperidine rings is 1. The van der Waals surface area contributed by atoms with Crippen molar-refractivity contribution in [2.75, 3.05) is 24.4 Å². The molecule has 0 aromatic heterocycles. The minimum absolute atomic E-state index is 0.0261. The van der Waals surface area contributed by atoms with Gasteiger partial charge in [0.15, 0.2) is 5.84 Å². The summed E-state index contributed by atoms with van der Waals surface area (Å²) in [7, 11) is -3.83. The average molecular weight is 414 g/mol. The second kappa shape index (κ2) is 7.75. The van der Waals surface area contributed by atoms with E-state index in [1.54, 1.807) is 18.2 Å². The molecule has 0 aliphatic carbocycles. The first-order valence-corrected chi connectivity index (χ1v) is 10.9. The number of amides is 1. The van der Waals surface area contributed by atoms with E-state index in [0.29, 0.717) is 35.7 Å². The number of nitrogens with two attached hydrogens (primary N) is 1. The molecule has 152 valence electrons. The number of nitrogens with one attached hydrogen (secondary N) is 1. The molecule has 1 unspecified atom stereocenters. The van der Waals surface area contributed by atoms with Gasteiger partial charge in [-0.15, -0.1) is 4.40 Å². The number of likely N-dealkylation sites (tertiary alicyclic amines) is 1. The number of anilines is 1. The first-order valence-electron chi connectivity index (χ1n) is 9.41. The maximum Gasteiger partial charge on any atom is 0.344 e. The van der Waals surface area contributed by atoms with Crippen LogP contribution in [0.15, 0.2) is 52.9 Å². The number of nitrogens with zero attached hydrogens (tertiary/aromatic N) is 2. The average Bonchev–Trinajstić information content (AvgIpc) is 2.71. The number of benzene rings is 2. The lowest BCUT2D eigenvalue weighted by molar-refractivity contribution is 0.0633. The fraction of sp³-hybridized carbons (Fsp3) is 0.300. The van der Waals surface area contributed by atoms with Gasteiger partial charge in [0.05, 0.1) is 17.9 Å². The molecule has 0 saturated carbocycles. The Morgan fingerprint density at radius 2 is 2.00 bits per heavy atom. The summed E-state index contributed by atoms with van der Waals surface area (Å²) < 4.78 is 35.2. The van der Waals surface area contributed by atoms with E-state index in [2.05, 4.69) is 9.12 Å². The van der Waals surface area contributed by atoms with Crippen molar-refractivity contribution in [1.29, 1.82) is 0 Å². The first-order chi connectivity index (χ1) is 13.9. The second-order valence-electron chi connectivity index (χ2n) is 7.17. The highest BCUT2D eigenvalue weighted by molar-refractivity contribution is 7.91. The van der Waals surface area contributed by atoms with Crippen LogP contribution < -0.4 is 15.2 Å². The van der Waals surface area contributed by atoms with Crippen LogP contribution in [0.3, 0.4) is 0 Å². The first kappa shape index (κ1) is 19.3. The molecule has 4 rings (SSSR count). The molecule has 1 fully saturated rings. The predicted octanol–water partition coefficient (Wildman–Crippen LogP) is 1.99. The minimum atomic E-state index is -3.83. The molecule has 2 aromatic rings. The van der Waals surface area contributed by atoms with Crippen LogP contribution in [-0.2, 0) is 10.2 Å². The van der Waals surface area contributed by atoms with Gasteiger partial charge in [-0.2, -0.15) is 8.42 Å². The summed E-state index contributed by atoms with van der Waals surface area (Å²) in [5.74, 6) is 0.570. The van der Waals surface area contributed by atoms with Crippen molar-refractivity contribution in [3.63, 3.8) is 0 Å². The van der Waals surface area contributed by atoms with Crippen molar-refractivity contribution in [2.45, 2.75) is 12.8 Å². The smallest absolute Gasteiger partial charge is 0.344 e. The van der Waals surface area contributed by atoms with E-state index in [0.717, 1.165) is 19.4 Å². The van der Waals surface area contributed by atoms with E-state index in [4.69, 9.17) is 10.5 Å². The molecular weight excluding hydrogens is 392 g/mol. The largest absolute Gasteiger partial charge is 0.492 e. The molecule has 3 N–H and O–H groups in total. The van der Waals surface area contributed by atoms with Gasteiger partial charge in [0, 0.05) is 24.6 Å². The molecule has 8 nitrogen and oxygen atoms in total. The van der Waals surface area contributed by atoms with Crippen LogP contribution in [-0.4, -0.2) is 44.8 Å². The van der Waals surface area contributed by atoms with Gasteiger partial charge in [-0.25, -0.2) is 0 Å². The predicted molar refractivity (Wildman–Crippen MR) is 110 cm³/mol. The molecule has 2 aliphatic heterocycles. The Hall–Kier alpha value is -3.07. The molecule has 1 atom stereocenters.